The molecule has 394 valence electrons. The molecule has 13 rings (SSSR count). The van der Waals surface area contributed by atoms with E-state index in [-0.39, 0.29) is 0 Å². The fourth-order valence-corrected chi connectivity index (χ4v) is 12.9. The molecule has 80 heavy (non-hydrogen) atoms. The standard InChI is InChI=1S/C74H64N2O4/c1-9-77-51-29-35-61(45(5)41-51)75(62-36-30-52(78-10-2)42-46(62)6)65-39-33-59-69-55(65)25-19-27-57(69)71-67(49-21-15-13-16-22-49)72-58-28-20-26-56-66(40-34-60(70(56)58)74(72)68(73(59)71)50-23-17-14-18-24-50)76(63-37-31-53(79-11-3)43-47(63)7)64-38-32-54(80-12-4)44-48(64)8/h13-44H,9-12H2,1-8H3. The minimum Gasteiger partial charge on any atom is -0.494 e. The molecule has 0 aliphatic rings. The van der Waals surface area contributed by atoms with E-state index in [1.807, 2.05) is 27.7 Å². The van der Waals surface area contributed by atoms with Crippen LogP contribution in [0, 0.1) is 27.7 Å². The molecule has 0 saturated heterocycles. The zero-order valence-electron chi connectivity index (χ0n) is 46.8. The molecule has 0 aliphatic heterocycles. The molecule has 0 atom stereocenters. The summed E-state index contributed by atoms with van der Waals surface area (Å²) in [7, 11) is 0. The smallest absolute Gasteiger partial charge is 0.119 e. The average molecular weight is 1050 g/mol. The van der Waals surface area contributed by atoms with Gasteiger partial charge in [0.2, 0.25) is 0 Å². The van der Waals surface area contributed by atoms with Crippen LogP contribution in [-0.2, 0) is 0 Å². The Labute approximate surface area is 468 Å². The fourth-order valence-electron chi connectivity index (χ4n) is 12.9. The van der Waals surface area contributed by atoms with Gasteiger partial charge in [0, 0.05) is 33.5 Å². The number of fused-ring (bicyclic) bond motifs is 6. The third-order valence-electron chi connectivity index (χ3n) is 16.1. The van der Waals surface area contributed by atoms with Crippen molar-refractivity contribution >= 4 is 98.8 Å². The molecular formula is C74H64N2O4. The Morgan fingerprint density at radius 2 is 0.537 bits per heavy atom. The van der Waals surface area contributed by atoms with E-state index in [1.165, 1.54) is 86.9 Å². The second-order valence-corrected chi connectivity index (χ2v) is 20.9. The molecule has 13 aromatic rings. The van der Waals surface area contributed by atoms with Crippen molar-refractivity contribution in [2.24, 2.45) is 0 Å². The Kier molecular flexibility index (Phi) is 12.9. The summed E-state index contributed by atoms with van der Waals surface area (Å²) in [5.41, 5.74) is 15.9. The monoisotopic (exact) mass is 1040 g/mol. The molecule has 6 nitrogen and oxygen atoms in total. The van der Waals surface area contributed by atoms with E-state index in [2.05, 4.69) is 232 Å². The maximum absolute atomic E-state index is 6.05. The van der Waals surface area contributed by atoms with Crippen molar-refractivity contribution in [3.8, 4) is 45.3 Å². The third kappa shape index (κ3) is 8.15. The summed E-state index contributed by atoms with van der Waals surface area (Å²) >= 11 is 0. The number of hydrogen-bond donors (Lipinski definition) is 0. The quantitative estimate of drug-likeness (QED) is 0.0961. The first-order chi connectivity index (χ1) is 39.2. The number of nitrogens with zero attached hydrogens (tertiary/aromatic N) is 2. The lowest BCUT2D eigenvalue weighted by atomic mass is 9.87. The van der Waals surface area contributed by atoms with E-state index in [4.69, 9.17) is 18.9 Å². The van der Waals surface area contributed by atoms with Gasteiger partial charge in [-0.25, -0.2) is 0 Å². The van der Waals surface area contributed by atoms with Crippen LogP contribution in [0.3, 0.4) is 0 Å². The van der Waals surface area contributed by atoms with Crippen molar-refractivity contribution in [1.82, 2.24) is 0 Å². The highest BCUT2D eigenvalue weighted by Crippen LogP contribution is 2.58. The normalized spacial score (nSPS) is 11.7. The first-order valence-electron chi connectivity index (χ1n) is 28.2. The molecule has 0 N–H and O–H groups in total. The zero-order valence-corrected chi connectivity index (χ0v) is 46.8. The largest absolute Gasteiger partial charge is 0.494 e. The molecule has 0 heterocycles. The van der Waals surface area contributed by atoms with Crippen molar-refractivity contribution in [2.75, 3.05) is 36.2 Å². The summed E-state index contributed by atoms with van der Waals surface area (Å²) in [5, 5.41) is 14.8. The lowest BCUT2D eigenvalue weighted by Crippen LogP contribution is -2.13. The Balaban J connectivity index is 1.15. The predicted molar refractivity (Wildman–Crippen MR) is 338 cm³/mol. The number of ether oxygens (including phenoxy) is 4. The number of rotatable bonds is 16. The first-order valence-corrected chi connectivity index (χ1v) is 28.2. The molecular weight excluding hydrogens is 981 g/mol. The Morgan fingerprint density at radius 1 is 0.263 bits per heavy atom. The minimum absolute atomic E-state index is 0.602. The number of benzene rings is 11. The molecule has 6 heteroatoms. The van der Waals surface area contributed by atoms with Crippen LogP contribution in [0.2, 0.25) is 0 Å². The van der Waals surface area contributed by atoms with Gasteiger partial charge in [0.05, 0.1) is 37.8 Å². The highest BCUT2D eigenvalue weighted by Gasteiger charge is 2.31. The van der Waals surface area contributed by atoms with Crippen LogP contribution in [0.25, 0.3) is 86.9 Å². The van der Waals surface area contributed by atoms with Gasteiger partial charge in [-0.1, -0.05) is 109 Å². The molecule has 13 aromatic carbocycles. The lowest BCUT2D eigenvalue weighted by Gasteiger charge is -2.30. The molecule has 0 fully saturated rings. The fraction of sp³-hybridized carbons (Fsp3) is 0.162. The Hall–Kier alpha value is -9.26. The maximum Gasteiger partial charge on any atom is 0.119 e. The summed E-state index contributed by atoms with van der Waals surface area (Å²) in [4.78, 5) is 4.89. The second kappa shape index (κ2) is 20.5. The summed E-state index contributed by atoms with van der Waals surface area (Å²) in [6.07, 6.45) is 0. The van der Waals surface area contributed by atoms with Gasteiger partial charge < -0.3 is 28.7 Å². The number of hydrogen-bond acceptors (Lipinski definition) is 6. The van der Waals surface area contributed by atoms with Crippen molar-refractivity contribution in [1.29, 1.82) is 0 Å². The van der Waals surface area contributed by atoms with Crippen LogP contribution < -0.4 is 28.7 Å². The van der Waals surface area contributed by atoms with Crippen LogP contribution in [-0.4, -0.2) is 26.4 Å². The molecule has 0 aliphatic carbocycles. The van der Waals surface area contributed by atoms with Crippen molar-refractivity contribution in [2.45, 2.75) is 55.4 Å². The Bertz CT molecular complexity index is 4020. The Morgan fingerprint density at radius 3 is 0.825 bits per heavy atom. The molecule has 0 aromatic heterocycles. The highest BCUT2D eigenvalue weighted by molar-refractivity contribution is 6.47. The van der Waals surface area contributed by atoms with Crippen LogP contribution >= 0.6 is 0 Å². The number of aryl methyl sites for hydroxylation is 4. The SMILES string of the molecule is CCOc1ccc(N(c2ccc(OCC)cc2C)c2ccc3c4c(-c5ccccc5)c5c6ccc(N(c7ccc(OCC)cc7C)c7ccc(OCC)cc7C)c7cccc(c5c(-c5ccccc5)c4c4cccc2c43)c76)c(C)c1. The van der Waals surface area contributed by atoms with Gasteiger partial charge in [0.1, 0.15) is 23.0 Å². The molecule has 0 amide bonds. The molecule has 0 saturated carbocycles. The summed E-state index contributed by atoms with van der Waals surface area (Å²) in [6, 6.07) is 71.5. The van der Waals surface area contributed by atoms with Crippen LogP contribution in [0.5, 0.6) is 23.0 Å². The van der Waals surface area contributed by atoms with Gasteiger partial charge in [-0.15, -0.1) is 0 Å². The van der Waals surface area contributed by atoms with E-state index >= 15 is 0 Å². The second-order valence-electron chi connectivity index (χ2n) is 20.9. The molecule has 0 unspecified atom stereocenters. The van der Waals surface area contributed by atoms with E-state index in [0.717, 1.165) is 79.4 Å². The van der Waals surface area contributed by atoms with Gasteiger partial charge in [0.25, 0.3) is 0 Å². The van der Waals surface area contributed by atoms with E-state index in [9.17, 15) is 0 Å². The summed E-state index contributed by atoms with van der Waals surface area (Å²) < 4.78 is 24.2. The van der Waals surface area contributed by atoms with E-state index in [1.54, 1.807) is 0 Å². The zero-order chi connectivity index (χ0) is 54.8. The third-order valence-corrected chi connectivity index (χ3v) is 16.1. The van der Waals surface area contributed by atoms with Crippen molar-refractivity contribution < 1.29 is 18.9 Å². The minimum atomic E-state index is 0.602. The summed E-state index contributed by atoms with van der Waals surface area (Å²) in [5.74, 6) is 3.44. The van der Waals surface area contributed by atoms with Crippen LogP contribution in [0.1, 0.15) is 49.9 Å². The molecule has 0 radical (unpaired) electrons. The van der Waals surface area contributed by atoms with E-state index in [0.29, 0.717) is 26.4 Å². The van der Waals surface area contributed by atoms with Gasteiger partial charge in [-0.2, -0.15) is 0 Å². The van der Waals surface area contributed by atoms with Gasteiger partial charge in [-0.3, -0.25) is 0 Å². The molecule has 0 bridgehead atoms. The van der Waals surface area contributed by atoms with E-state index < -0.39 is 0 Å². The first kappa shape index (κ1) is 50.3. The topological polar surface area (TPSA) is 43.4 Å². The average Bonchev–Trinajstić information content (AvgIpc) is 4.06. The maximum atomic E-state index is 6.05. The lowest BCUT2D eigenvalue weighted by molar-refractivity contribution is 0.340. The van der Waals surface area contributed by atoms with Crippen molar-refractivity contribution in [3.05, 3.63) is 216 Å². The predicted octanol–water partition coefficient (Wildman–Crippen LogP) is 20.6. The van der Waals surface area contributed by atoms with Crippen LogP contribution in [0.4, 0.5) is 34.1 Å². The van der Waals surface area contributed by atoms with Gasteiger partial charge in [0.15, 0.2) is 0 Å². The highest BCUT2D eigenvalue weighted by atomic mass is 16.5. The van der Waals surface area contributed by atoms with Gasteiger partial charge in [-0.05, 0) is 239 Å². The number of anilines is 6. The molecule has 0 spiro atoms. The summed E-state index contributed by atoms with van der Waals surface area (Å²) in [6.45, 7) is 19.3. The van der Waals surface area contributed by atoms with Gasteiger partial charge >= 0.3 is 0 Å². The van der Waals surface area contributed by atoms with Crippen molar-refractivity contribution in [3.63, 3.8) is 0 Å². The van der Waals surface area contributed by atoms with Crippen LogP contribution in [0.15, 0.2) is 194 Å².